The van der Waals surface area contributed by atoms with Crippen LogP contribution in [0, 0.1) is 0 Å². The minimum Gasteiger partial charge on any atom is -0.368 e. The topological polar surface area (TPSA) is 86.2 Å². The molecule has 0 fully saturated rings. The Bertz CT molecular complexity index is 937. The van der Waals surface area contributed by atoms with E-state index in [2.05, 4.69) is 5.16 Å². The Morgan fingerprint density at radius 3 is 2.48 bits per heavy atom. The Balaban J connectivity index is 2.09. The van der Waals surface area contributed by atoms with Crippen LogP contribution in [0.4, 0.5) is 5.88 Å². The number of hydrogen-bond acceptors (Lipinski definition) is 5. The van der Waals surface area contributed by atoms with Crippen molar-refractivity contribution >= 4 is 27.3 Å². The van der Waals surface area contributed by atoms with E-state index < -0.39 is 9.84 Å². The summed E-state index contributed by atoms with van der Waals surface area (Å²) in [6.45, 7) is 0. The van der Waals surface area contributed by atoms with Gasteiger partial charge in [-0.3, -0.25) is 0 Å². The lowest BCUT2D eigenvalue weighted by molar-refractivity contribution is 0.439. The zero-order chi connectivity index (χ0) is 16.4. The van der Waals surface area contributed by atoms with E-state index in [1.807, 2.05) is 6.07 Å². The molecule has 0 unspecified atom stereocenters. The smallest absolute Gasteiger partial charge is 0.222 e. The lowest BCUT2D eigenvalue weighted by Gasteiger charge is -2.09. The van der Waals surface area contributed by atoms with Gasteiger partial charge in [-0.15, -0.1) is 0 Å². The monoisotopic (exact) mass is 348 g/mol. The molecule has 0 radical (unpaired) electrons. The molecule has 5 nitrogen and oxygen atoms in total. The summed E-state index contributed by atoms with van der Waals surface area (Å²) in [7, 11) is -3.58. The maximum absolute atomic E-state index is 12.8. The van der Waals surface area contributed by atoms with Gasteiger partial charge in [0.15, 0.2) is 9.84 Å². The first-order valence-corrected chi connectivity index (χ1v) is 8.77. The molecular formula is C16H13ClN2O3S. The van der Waals surface area contributed by atoms with Crippen LogP contribution in [-0.2, 0) is 15.6 Å². The third-order valence-corrected chi connectivity index (χ3v) is 5.26. The normalized spacial score (nSPS) is 11.5. The summed E-state index contributed by atoms with van der Waals surface area (Å²) in [6, 6.07) is 15.0. The molecule has 0 saturated heterocycles. The van der Waals surface area contributed by atoms with Crippen LogP contribution in [0.25, 0.3) is 11.3 Å². The highest BCUT2D eigenvalue weighted by Crippen LogP contribution is 2.32. The predicted octanol–water partition coefficient (Wildman–Crippen LogP) is 3.55. The molecule has 0 bridgehead atoms. The minimum absolute atomic E-state index is 0.103. The zero-order valence-electron chi connectivity index (χ0n) is 11.9. The molecule has 0 aliphatic heterocycles. The number of rotatable bonds is 4. The standard InChI is InChI=1S/C16H13ClN2O3S/c17-12-6-7-15(13(8-12)14-9-16(18)22-19-14)23(20,21)10-11-4-2-1-3-5-11/h1-9H,10,18H2. The maximum atomic E-state index is 12.8. The molecule has 7 heteroatoms. The summed E-state index contributed by atoms with van der Waals surface area (Å²) in [4.78, 5) is 0.138. The number of sulfone groups is 1. The number of nitrogens with zero attached hydrogens (tertiary/aromatic N) is 1. The molecule has 3 aromatic rings. The van der Waals surface area contributed by atoms with E-state index in [0.29, 0.717) is 21.8 Å². The first-order chi connectivity index (χ1) is 11.0. The Morgan fingerprint density at radius 1 is 1.09 bits per heavy atom. The molecule has 2 aromatic carbocycles. The van der Waals surface area contributed by atoms with E-state index in [0.717, 1.165) is 0 Å². The number of halogens is 1. The van der Waals surface area contributed by atoms with Gasteiger partial charge in [0.2, 0.25) is 5.88 Å². The second kappa shape index (κ2) is 6.06. The van der Waals surface area contributed by atoms with Crippen LogP contribution in [0.15, 0.2) is 64.0 Å². The highest BCUT2D eigenvalue weighted by Gasteiger charge is 2.22. The molecule has 3 rings (SSSR count). The zero-order valence-corrected chi connectivity index (χ0v) is 13.5. The van der Waals surface area contributed by atoms with Crippen molar-refractivity contribution in [3.8, 4) is 11.3 Å². The average Bonchev–Trinajstić information content (AvgIpc) is 2.94. The predicted molar refractivity (Wildman–Crippen MR) is 88.7 cm³/mol. The van der Waals surface area contributed by atoms with Gasteiger partial charge in [0.1, 0.15) is 5.69 Å². The summed E-state index contributed by atoms with van der Waals surface area (Å²) in [5, 5.41) is 4.19. The van der Waals surface area contributed by atoms with E-state index in [1.165, 1.54) is 24.3 Å². The fraction of sp³-hybridized carbons (Fsp3) is 0.0625. The van der Waals surface area contributed by atoms with Crippen molar-refractivity contribution < 1.29 is 12.9 Å². The number of aromatic nitrogens is 1. The van der Waals surface area contributed by atoms with Crippen LogP contribution < -0.4 is 5.73 Å². The van der Waals surface area contributed by atoms with Crippen molar-refractivity contribution in [2.24, 2.45) is 0 Å². The second-order valence-corrected chi connectivity index (χ2v) is 7.39. The minimum atomic E-state index is -3.58. The molecule has 0 aliphatic carbocycles. The number of benzene rings is 2. The third kappa shape index (κ3) is 3.38. The van der Waals surface area contributed by atoms with Gasteiger partial charge in [-0.05, 0) is 23.8 Å². The third-order valence-electron chi connectivity index (χ3n) is 3.28. The van der Waals surface area contributed by atoms with Crippen LogP contribution in [0.5, 0.6) is 0 Å². The molecule has 2 N–H and O–H groups in total. The summed E-state index contributed by atoms with van der Waals surface area (Å²) >= 11 is 6.00. The largest absolute Gasteiger partial charge is 0.368 e. The summed E-state index contributed by atoms with van der Waals surface area (Å²) in [5.74, 6) is -0.0121. The number of hydrogen-bond donors (Lipinski definition) is 1. The summed E-state index contributed by atoms with van der Waals surface area (Å²) in [6.07, 6.45) is 0. The molecule has 23 heavy (non-hydrogen) atoms. The fourth-order valence-corrected chi connectivity index (χ4v) is 3.99. The lowest BCUT2D eigenvalue weighted by atomic mass is 10.1. The van der Waals surface area contributed by atoms with Gasteiger partial charge in [-0.1, -0.05) is 47.1 Å². The molecule has 0 saturated carbocycles. The van der Waals surface area contributed by atoms with Crippen LogP contribution in [0.3, 0.4) is 0 Å². The van der Waals surface area contributed by atoms with E-state index in [1.54, 1.807) is 24.3 Å². The van der Waals surface area contributed by atoms with E-state index in [-0.39, 0.29) is 16.5 Å². The SMILES string of the molecule is Nc1cc(-c2cc(Cl)ccc2S(=O)(=O)Cc2ccccc2)no1. The summed E-state index contributed by atoms with van der Waals surface area (Å²) in [5.41, 5.74) is 6.93. The van der Waals surface area contributed by atoms with Crippen molar-refractivity contribution in [2.75, 3.05) is 5.73 Å². The Kier molecular flexibility index (Phi) is 4.11. The number of nitrogens with two attached hydrogens (primary N) is 1. The fourth-order valence-electron chi connectivity index (χ4n) is 2.26. The molecule has 118 valence electrons. The molecule has 0 atom stereocenters. The van der Waals surface area contributed by atoms with Gasteiger partial charge in [-0.2, -0.15) is 0 Å². The van der Waals surface area contributed by atoms with Crippen LogP contribution in [0.2, 0.25) is 5.02 Å². The van der Waals surface area contributed by atoms with E-state index in [9.17, 15) is 8.42 Å². The molecule has 0 aliphatic rings. The van der Waals surface area contributed by atoms with Gasteiger partial charge in [0.25, 0.3) is 0 Å². The molecular weight excluding hydrogens is 336 g/mol. The van der Waals surface area contributed by atoms with Crippen LogP contribution in [-0.4, -0.2) is 13.6 Å². The van der Waals surface area contributed by atoms with Gasteiger partial charge in [0, 0.05) is 16.7 Å². The van der Waals surface area contributed by atoms with Crippen molar-refractivity contribution in [1.82, 2.24) is 5.16 Å². The Labute approximate surface area is 138 Å². The molecule has 0 amide bonds. The molecule has 1 aromatic heterocycles. The van der Waals surface area contributed by atoms with Crippen molar-refractivity contribution in [1.29, 1.82) is 0 Å². The Hall–Kier alpha value is -2.31. The maximum Gasteiger partial charge on any atom is 0.222 e. The Morgan fingerprint density at radius 2 is 1.83 bits per heavy atom. The van der Waals surface area contributed by atoms with Crippen LogP contribution in [0.1, 0.15) is 5.56 Å². The second-order valence-electron chi connectivity index (χ2n) is 5.00. The number of anilines is 1. The van der Waals surface area contributed by atoms with Crippen molar-refractivity contribution in [2.45, 2.75) is 10.6 Å². The highest BCUT2D eigenvalue weighted by molar-refractivity contribution is 7.90. The highest BCUT2D eigenvalue weighted by atomic mass is 35.5. The average molecular weight is 349 g/mol. The van der Waals surface area contributed by atoms with E-state index >= 15 is 0 Å². The van der Waals surface area contributed by atoms with Crippen molar-refractivity contribution in [3.63, 3.8) is 0 Å². The van der Waals surface area contributed by atoms with Gasteiger partial charge < -0.3 is 10.3 Å². The van der Waals surface area contributed by atoms with Gasteiger partial charge in [0.05, 0.1) is 10.6 Å². The quantitative estimate of drug-likeness (QED) is 0.779. The van der Waals surface area contributed by atoms with Crippen molar-refractivity contribution in [3.05, 3.63) is 65.2 Å². The van der Waals surface area contributed by atoms with E-state index in [4.69, 9.17) is 21.9 Å². The van der Waals surface area contributed by atoms with Gasteiger partial charge in [-0.25, -0.2) is 8.42 Å². The first kappa shape index (κ1) is 15.6. The first-order valence-electron chi connectivity index (χ1n) is 6.74. The summed E-state index contributed by atoms with van der Waals surface area (Å²) < 4.78 is 30.4. The molecule has 1 heterocycles. The number of nitrogen functional groups attached to an aromatic ring is 1. The van der Waals surface area contributed by atoms with Gasteiger partial charge >= 0.3 is 0 Å². The lowest BCUT2D eigenvalue weighted by Crippen LogP contribution is -2.06. The van der Waals surface area contributed by atoms with Crippen LogP contribution >= 0.6 is 11.6 Å². The molecule has 0 spiro atoms.